The van der Waals surface area contributed by atoms with Gasteiger partial charge in [-0.1, -0.05) is 172 Å². The van der Waals surface area contributed by atoms with Crippen LogP contribution in [0.5, 0.6) is 0 Å². The van der Waals surface area contributed by atoms with Crippen molar-refractivity contribution >= 4 is 16.8 Å². The van der Waals surface area contributed by atoms with Gasteiger partial charge in [0.05, 0.1) is 0 Å². The van der Waals surface area contributed by atoms with E-state index in [9.17, 15) is 4.79 Å². The molecule has 43 heavy (non-hydrogen) atoms. The van der Waals surface area contributed by atoms with Crippen LogP contribution in [-0.2, 0) is 11.2 Å². The summed E-state index contributed by atoms with van der Waals surface area (Å²) in [5, 5.41) is 4.37. The van der Waals surface area contributed by atoms with Gasteiger partial charge in [-0.05, 0) is 43.7 Å². The topological polar surface area (TPSA) is 44.9 Å². The van der Waals surface area contributed by atoms with Crippen LogP contribution in [0.3, 0.4) is 0 Å². The summed E-state index contributed by atoms with van der Waals surface area (Å²) in [5.41, 5.74) is 2.45. The molecule has 0 bridgehead atoms. The van der Waals surface area contributed by atoms with Crippen molar-refractivity contribution in [2.24, 2.45) is 0 Å². The van der Waals surface area contributed by atoms with Crippen LogP contribution in [0.4, 0.5) is 0 Å². The molecule has 1 amide bonds. The maximum absolute atomic E-state index is 12.2. The molecule has 1 aromatic heterocycles. The van der Waals surface area contributed by atoms with Crippen LogP contribution >= 0.6 is 0 Å². The average molecular weight is 593 g/mol. The van der Waals surface area contributed by atoms with E-state index in [0.717, 1.165) is 19.4 Å². The summed E-state index contributed by atoms with van der Waals surface area (Å²) in [5.74, 6) is 0.206. The normalized spacial score (nSPS) is 11.7. The first-order valence-corrected chi connectivity index (χ1v) is 18.8. The van der Waals surface area contributed by atoms with Crippen LogP contribution in [0.15, 0.2) is 42.6 Å². The maximum Gasteiger partial charge on any atom is 0.220 e. The van der Waals surface area contributed by atoms with Crippen molar-refractivity contribution in [3.63, 3.8) is 0 Å². The minimum absolute atomic E-state index is 0.206. The van der Waals surface area contributed by atoms with Gasteiger partial charge < -0.3 is 10.3 Å². The van der Waals surface area contributed by atoms with Crippen LogP contribution in [0.1, 0.15) is 179 Å². The Kier molecular flexibility index (Phi) is 23.8. The van der Waals surface area contributed by atoms with Crippen molar-refractivity contribution in [3.05, 3.63) is 48.2 Å². The van der Waals surface area contributed by atoms with E-state index in [1.807, 2.05) is 6.07 Å². The molecule has 1 heterocycles. The molecule has 0 saturated carbocycles. The molecule has 2 rings (SSSR count). The van der Waals surface area contributed by atoms with E-state index in [4.69, 9.17) is 0 Å². The number of allylic oxidation sites excluding steroid dienone is 2. The second kappa shape index (κ2) is 27.5. The first kappa shape index (κ1) is 37.2. The maximum atomic E-state index is 12.2. The third-order valence-corrected chi connectivity index (χ3v) is 9.06. The van der Waals surface area contributed by atoms with E-state index in [1.165, 1.54) is 171 Å². The minimum atomic E-state index is 0.206. The van der Waals surface area contributed by atoms with Gasteiger partial charge in [-0.3, -0.25) is 4.79 Å². The number of amides is 1. The van der Waals surface area contributed by atoms with Gasteiger partial charge >= 0.3 is 0 Å². The minimum Gasteiger partial charge on any atom is -0.361 e. The predicted octanol–water partition coefficient (Wildman–Crippen LogP) is 12.5. The SMILES string of the molecule is CCCC/C=C\CCCCCCCCCCCCCCCCCCCCCCCC(=O)NCCc1c[nH]c2ccccc12. The molecule has 0 unspecified atom stereocenters. The molecule has 0 aliphatic rings. The molecule has 0 fully saturated rings. The molecule has 0 spiro atoms. The van der Waals surface area contributed by atoms with Gasteiger partial charge in [0.2, 0.25) is 5.91 Å². The molecular weight excluding hydrogens is 524 g/mol. The summed E-state index contributed by atoms with van der Waals surface area (Å²) < 4.78 is 0. The summed E-state index contributed by atoms with van der Waals surface area (Å²) in [6.45, 7) is 2.99. The molecule has 0 atom stereocenters. The van der Waals surface area contributed by atoms with Crippen molar-refractivity contribution in [1.82, 2.24) is 10.3 Å². The van der Waals surface area contributed by atoms with Crippen molar-refractivity contribution in [3.8, 4) is 0 Å². The molecule has 244 valence electrons. The zero-order valence-corrected chi connectivity index (χ0v) is 28.2. The lowest BCUT2D eigenvalue weighted by molar-refractivity contribution is -0.121. The van der Waals surface area contributed by atoms with Gasteiger partial charge in [0.1, 0.15) is 0 Å². The van der Waals surface area contributed by atoms with E-state index < -0.39 is 0 Å². The third-order valence-electron chi connectivity index (χ3n) is 9.06. The van der Waals surface area contributed by atoms with Crippen LogP contribution < -0.4 is 5.32 Å². The number of H-pyrrole nitrogens is 1. The second-order valence-electron chi connectivity index (χ2n) is 13.0. The quantitative estimate of drug-likeness (QED) is 0.0687. The highest BCUT2D eigenvalue weighted by Crippen LogP contribution is 2.18. The summed E-state index contributed by atoms with van der Waals surface area (Å²) >= 11 is 0. The average Bonchev–Trinajstić information content (AvgIpc) is 3.43. The Morgan fingerprint density at radius 2 is 1.09 bits per heavy atom. The zero-order chi connectivity index (χ0) is 30.5. The van der Waals surface area contributed by atoms with Crippen molar-refractivity contribution in [2.45, 2.75) is 180 Å². The number of carbonyl (C=O) groups excluding carboxylic acids is 1. The third kappa shape index (κ3) is 20.5. The molecule has 2 N–H and O–H groups in total. The fourth-order valence-electron chi connectivity index (χ4n) is 6.23. The van der Waals surface area contributed by atoms with E-state index in [1.54, 1.807) is 0 Å². The highest BCUT2D eigenvalue weighted by atomic mass is 16.1. The van der Waals surface area contributed by atoms with Crippen molar-refractivity contribution < 1.29 is 4.79 Å². The Labute approximate surface area is 266 Å². The molecule has 3 nitrogen and oxygen atoms in total. The fourth-order valence-corrected chi connectivity index (χ4v) is 6.23. The number of fused-ring (bicyclic) bond motifs is 1. The standard InChI is InChI=1S/C40H68N2O/c1-2-3-4-5-6-7-8-9-10-11-12-13-14-15-16-17-18-19-20-21-22-23-24-25-26-27-28-33-40(43)41-35-34-37-36-42-39-32-30-29-31-38(37)39/h5-6,29-32,36,42H,2-4,7-28,33-35H2,1H3,(H,41,43)/b6-5-. The second-order valence-corrected chi connectivity index (χ2v) is 13.0. The fraction of sp³-hybridized carbons (Fsp3) is 0.725. The van der Waals surface area contributed by atoms with Crippen LogP contribution in [0.2, 0.25) is 0 Å². The summed E-state index contributed by atoms with van der Waals surface area (Å²) in [6, 6.07) is 8.36. The van der Waals surface area contributed by atoms with Crippen LogP contribution in [0.25, 0.3) is 10.9 Å². The van der Waals surface area contributed by atoms with E-state index in [2.05, 4.69) is 53.8 Å². The van der Waals surface area contributed by atoms with Gasteiger partial charge in [0.25, 0.3) is 0 Å². The lowest BCUT2D eigenvalue weighted by Gasteiger charge is -2.06. The van der Waals surface area contributed by atoms with E-state index >= 15 is 0 Å². The van der Waals surface area contributed by atoms with Gasteiger partial charge in [0.15, 0.2) is 0 Å². The lowest BCUT2D eigenvalue weighted by Crippen LogP contribution is -2.25. The Hall–Kier alpha value is -2.03. The van der Waals surface area contributed by atoms with Gasteiger partial charge in [-0.2, -0.15) is 0 Å². The number of hydrogen-bond donors (Lipinski definition) is 2. The largest absolute Gasteiger partial charge is 0.361 e. The first-order valence-electron chi connectivity index (χ1n) is 18.8. The Bertz CT molecular complexity index is 929. The van der Waals surface area contributed by atoms with Crippen molar-refractivity contribution in [1.29, 1.82) is 0 Å². The number of benzene rings is 1. The Morgan fingerprint density at radius 1 is 0.628 bits per heavy atom. The summed E-state index contributed by atoms with van der Waals surface area (Å²) in [7, 11) is 0. The highest BCUT2D eigenvalue weighted by Gasteiger charge is 2.05. The first-order chi connectivity index (χ1) is 21.3. The number of hydrogen-bond acceptors (Lipinski definition) is 1. The van der Waals surface area contributed by atoms with Crippen LogP contribution in [-0.4, -0.2) is 17.4 Å². The number of carbonyl (C=O) groups is 1. The molecule has 2 aromatic rings. The molecule has 3 heteroatoms. The summed E-state index contributed by atoms with van der Waals surface area (Å²) in [4.78, 5) is 15.5. The number of para-hydroxylation sites is 1. The molecule has 0 radical (unpaired) electrons. The molecule has 0 saturated heterocycles. The molecular formula is C40H68N2O. The summed E-state index contributed by atoms with van der Waals surface area (Å²) in [6.07, 6.45) is 42.8. The molecule has 0 aliphatic carbocycles. The monoisotopic (exact) mass is 593 g/mol. The number of aromatic nitrogens is 1. The van der Waals surface area contributed by atoms with Gasteiger partial charge in [-0.15, -0.1) is 0 Å². The molecule has 1 aromatic carbocycles. The number of rotatable bonds is 30. The van der Waals surface area contributed by atoms with Crippen LogP contribution in [0, 0.1) is 0 Å². The van der Waals surface area contributed by atoms with Crippen molar-refractivity contribution in [2.75, 3.05) is 6.54 Å². The highest BCUT2D eigenvalue weighted by molar-refractivity contribution is 5.83. The van der Waals surface area contributed by atoms with E-state index in [-0.39, 0.29) is 5.91 Å². The lowest BCUT2D eigenvalue weighted by atomic mass is 10.0. The number of aromatic amines is 1. The van der Waals surface area contributed by atoms with Gasteiger partial charge in [-0.25, -0.2) is 0 Å². The predicted molar refractivity (Wildman–Crippen MR) is 190 cm³/mol. The van der Waals surface area contributed by atoms with E-state index in [0.29, 0.717) is 6.42 Å². The van der Waals surface area contributed by atoms with Gasteiger partial charge in [0, 0.05) is 30.1 Å². The molecule has 0 aliphatic heterocycles. The Balaban J connectivity index is 1.21. The zero-order valence-electron chi connectivity index (χ0n) is 28.2. The number of unbranched alkanes of at least 4 members (excludes halogenated alkanes) is 23. The number of nitrogens with one attached hydrogen (secondary N) is 2. The smallest absolute Gasteiger partial charge is 0.220 e. The Morgan fingerprint density at radius 3 is 1.63 bits per heavy atom.